The maximum absolute atomic E-state index is 14.6. The Kier molecular flexibility index (Phi) is 6.15. The van der Waals surface area contributed by atoms with Gasteiger partial charge in [0.1, 0.15) is 23.1 Å². The minimum Gasteiger partial charge on any atom is -0.371 e. The van der Waals surface area contributed by atoms with E-state index in [4.69, 9.17) is 11.5 Å². The molecule has 0 aliphatic rings. The van der Waals surface area contributed by atoms with Crippen molar-refractivity contribution in [1.82, 2.24) is 9.36 Å². The van der Waals surface area contributed by atoms with Crippen LogP contribution in [0.2, 0.25) is 0 Å². The van der Waals surface area contributed by atoms with Gasteiger partial charge in [-0.15, -0.1) is 0 Å². The fraction of sp³-hybridized carbons (Fsp3) is 0.158. The number of aromatic nitrogens is 2. The molecule has 1 aromatic carbocycles. The van der Waals surface area contributed by atoms with Crippen molar-refractivity contribution in [2.45, 2.75) is 19.0 Å². The van der Waals surface area contributed by atoms with Gasteiger partial charge in [-0.05, 0) is 48.8 Å². The van der Waals surface area contributed by atoms with Crippen LogP contribution in [-0.4, -0.2) is 27.6 Å². The summed E-state index contributed by atoms with van der Waals surface area (Å²) in [5, 5.41) is 6.44. The molecule has 3 rings (SSSR count). The van der Waals surface area contributed by atoms with Gasteiger partial charge in [0.25, 0.3) is 5.91 Å². The van der Waals surface area contributed by atoms with E-state index >= 15 is 0 Å². The lowest BCUT2D eigenvalue weighted by molar-refractivity contribution is -0.108. The number of carbonyl (C=O) groups excluding carboxylic acids is 2. The number of primary amides is 1. The van der Waals surface area contributed by atoms with Crippen LogP contribution in [0.15, 0.2) is 42.6 Å². The minimum atomic E-state index is -0.947. The molecule has 0 aliphatic heterocycles. The van der Waals surface area contributed by atoms with E-state index in [1.54, 1.807) is 30.5 Å². The summed E-state index contributed by atoms with van der Waals surface area (Å²) in [4.78, 5) is 27.5. The number of hydrogen-bond acceptors (Lipinski definition) is 8. The standard InChI is InChI=1S/C19H19FN6O2S/c1-10-6-17(29-26-10)25-14-8-15(12(20)7-11(14)19(22)28)24-16(9-27)18(21)13-4-2-3-5-23-13/h2-9,16,18,24-25H,21H2,1H3,(H2,22,28). The first kappa shape index (κ1) is 20.4. The molecular formula is C19H19FN6O2S. The smallest absolute Gasteiger partial charge is 0.250 e. The second kappa shape index (κ2) is 8.76. The third-order valence-electron chi connectivity index (χ3n) is 4.14. The molecule has 0 saturated carbocycles. The van der Waals surface area contributed by atoms with Gasteiger partial charge >= 0.3 is 0 Å². The number of aryl methyl sites for hydroxylation is 1. The quantitative estimate of drug-likeness (QED) is 0.416. The fourth-order valence-corrected chi connectivity index (χ4v) is 3.37. The van der Waals surface area contributed by atoms with Crippen molar-refractivity contribution < 1.29 is 14.0 Å². The van der Waals surface area contributed by atoms with E-state index in [-0.39, 0.29) is 16.9 Å². The number of rotatable bonds is 8. The predicted molar refractivity (Wildman–Crippen MR) is 110 cm³/mol. The molecule has 0 bridgehead atoms. The fourth-order valence-electron chi connectivity index (χ4n) is 2.69. The molecule has 8 nitrogen and oxygen atoms in total. The van der Waals surface area contributed by atoms with Gasteiger partial charge in [0.15, 0.2) is 0 Å². The Bertz CT molecular complexity index is 1030. The highest BCUT2D eigenvalue weighted by atomic mass is 32.1. The van der Waals surface area contributed by atoms with Gasteiger partial charge in [-0.1, -0.05) is 6.07 Å². The zero-order valence-corrected chi connectivity index (χ0v) is 16.2. The molecule has 2 unspecified atom stereocenters. The normalized spacial score (nSPS) is 12.8. The van der Waals surface area contributed by atoms with Crippen molar-refractivity contribution in [2.75, 3.05) is 10.6 Å². The van der Waals surface area contributed by atoms with Crippen LogP contribution in [0, 0.1) is 12.7 Å². The number of nitrogens with one attached hydrogen (secondary N) is 2. The Balaban J connectivity index is 1.92. The Labute approximate surface area is 170 Å². The Hall–Kier alpha value is -3.37. The summed E-state index contributed by atoms with van der Waals surface area (Å²) in [6.45, 7) is 1.82. The van der Waals surface area contributed by atoms with Crippen molar-refractivity contribution in [3.05, 3.63) is 65.4 Å². The van der Waals surface area contributed by atoms with E-state index in [0.29, 0.717) is 17.0 Å². The van der Waals surface area contributed by atoms with Gasteiger partial charge in [0.2, 0.25) is 0 Å². The highest BCUT2D eigenvalue weighted by molar-refractivity contribution is 7.10. The first-order valence-electron chi connectivity index (χ1n) is 8.61. The number of benzene rings is 1. The molecule has 150 valence electrons. The SMILES string of the molecule is Cc1cc(Nc2cc(NC(C=O)C(N)c3ccccn3)c(F)cc2C(N)=O)sn1. The summed E-state index contributed by atoms with van der Waals surface area (Å²) in [6.07, 6.45) is 2.14. The zero-order valence-electron chi connectivity index (χ0n) is 15.4. The van der Waals surface area contributed by atoms with E-state index in [1.165, 1.54) is 17.6 Å². The number of carbonyl (C=O) groups is 2. The Morgan fingerprint density at radius 2 is 2.07 bits per heavy atom. The van der Waals surface area contributed by atoms with Crippen LogP contribution in [0.4, 0.5) is 20.8 Å². The van der Waals surface area contributed by atoms with Crippen LogP contribution in [0.5, 0.6) is 0 Å². The highest BCUT2D eigenvalue weighted by Crippen LogP contribution is 2.30. The second-order valence-electron chi connectivity index (χ2n) is 6.29. The molecule has 0 spiro atoms. The van der Waals surface area contributed by atoms with Crippen LogP contribution >= 0.6 is 11.5 Å². The molecule has 2 atom stereocenters. The van der Waals surface area contributed by atoms with E-state index in [0.717, 1.165) is 11.8 Å². The molecule has 0 fully saturated rings. The summed E-state index contributed by atoms with van der Waals surface area (Å²) in [6, 6.07) is 7.54. The number of halogens is 1. The molecule has 3 aromatic rings. The van der Waals surface area contributed by atoms with Crippen molar-refractivity contribution in [2.24, 2.45) is 11.5 Å². The van der Waals surface area contributed by atoms with E-state index in [1.807, 2.05) is 6.92 Å². The molecule has 1 amide bonds. The molecule has 10 heteroatoms. The monoisotopic (exact) mass is 414 g/mol. The van der Waals surface area contributed by atoms with Gasteiger partial charge in [0, 0.05) is 6.20 Å². The Morgan fingerprint density at radius 3 is 2.66 bits per heavy atom. The summed E-state index contributed by atoms with van der Waals surface area (Å²) < 4.78 is 18.8. The number of hydrogen-bond donors (Lipinski definition) is 4. The third kappa shape index (κ3) is 4.73. The molecule has 2 aromatic heterocycles. The number of nitrogens with two attached hydrogens (primary N) is 2. The van der Waals surface area contributed by atoms with Crippen LogP contribution in [0.1, 0.15) is 27.8 Å². The highest BCUT2D eigenvalue weighted by Gasteiger charge is 2.23. The minimum absolute atomic E-state index is 0.0118. The largest absolute Gasteiger partial charge is 0.371 e. The lowest BCUT2D eigenvalue weighted by Gasteiger charge is -2.22. The van der Waals surface area contributed by atoms with Crippen LogP contribution in [-0.2, 0) is 4.79 Å². The van der Waals surface area contributed by atoms with Crippen LogP contribution in [0.3, 0.4) is 0 Å². The van der Waals surface area contributed by atoms with Gasteiger partial charge in [-0.25, -0.2) is 4.39 Å². The topological polar surface area (TPSA) is 136 Å². The molecule has 0 aliphatic carbocycles. The van der Waals surface area contributed by atoms with Gasteiger partial charge in [-0.3, -0.25) is 9.78 Å². The first-order chi connectivity index (χ1) is 13.9. The maximum Gasteiger partial charge on any atom is 0.250 e. The molecule has 2 heterocycles. The van der Waals surface area contributed by atoms with E-state index < -0.39 is 23.8 Å². The molecule has 0 radical (unpaired) electrons. The van der Waals surface area contributed by atoms with Gasteiger partial charge < -0.3 is 26.9 Å². The Morgan fingerprint density at radius 1 is 1.28 bits per heavy atom. The van der Waals surface area contributed by atoms with Gasteiger partial charge in [-0.2, -0.15) is 4.37 Å². The lowest BCUT2D eigenvalue weighted by atomic mass is 10.0. The maximum atomic E-state index is 14.6. The van der Waals surface area contributed by atoms with Crippen molar-refractivity contribution in [3.8, 4) is 0 Å². The summed E-state index contributed by atoms with van der Waals surface area (Å²) in [5.74, 6) is -1.54. The summed E-state index contributed by atoms with van der Waals surface area (Å²) in [5.41, 5.74) is 13.0. The van der Waals surface area contributed by atoms with Crippen molar-refractivity contribution in [3.63, 3.8) is 0 Å². The predicted octanol–water partition coefficient (Wildman–Crippen LogP) is 2.51. The molecule has 0 saturated heterocycles. The van der Waals surface area contributed by atoms with E-state index in [9.17, 15) is 14.0 Å². The number of pyridine rings is 1. The zero-order chi connectivity index (χ0) is 21.0. The second-order valence-corrected chi connectivity index (χ2v) is 7.09. The number of nitrogens with zero attached hydrogens (tertiary/aromatic N) is 2. The van der Waals surface area contributed by atoms with Crippen molar-refractivity contribution in [1.29, 1.82) is 0 Å². The average molecular weight is 414 g/mol. The van der Waals surface area contributed by atoms with E-state index in [2.05, 4.69) is 20.0 Å². The summed E-state index contributed by atoms with van der Waals surface area (Å²) >= 11 is 1.18. The third-order valence-corrected chi connectivity index (χ3v) is 4.94. The molecule has 29 heavy (non-hydrogen) atoms. The molecule has 6 N–H and O–H groups in total. The lowest BCUT2D eigenvalue weighted by Crippen LogP contribution is -2.35. The number of aldehydes is 1. The number of amides is 1. The first-order valence-corrected chi connectivity index (χ1v) is 9.38. The number of anilines is 3. The summed E-state index contributed by atoms with van der Waals surface area (Å²) in [7, 11) is 0. The van der Waals surface area contributed by atoms with Crippen LogP contribution < -0.4 is 22.1 Å². The van der Waals surface area contributed by atoms with Crippen LogP contribution in [0.25, 0.3) is 0 Å². The van der Waals surface area contributed by atoms with Crippen molar-refractivity contribution >= 4 is 40.1 Å². The molecular weight excluding hydrogens is 395 g/mol. The van der Waals surface area contributed by atoms with Gasteiger partial charge in [0.05, 0.1) is 34.4 Å². The average Bonchev–Trinajstić information content (AvgIpc) is 3.12.